The Hall–Kier alpha value is 0.271. The van der Waals surface area contributed by atoms with Gasteiger partial charge >= 0.3 is 58.4 Å². The first-order valence-electron chi connectivity index (χ1n) is 3.30. The molecule has 5 heteroatoms. The Morgan fingerprint density at radius 3 is 1.85 bits per heavy atom. The fraction of sp³-hybridized carbons (Fsp3) is 0. The second kappa shape index (κ2) is 5.23. The summed E-state index contributed by atoms with van der Waals surface area (Å²) in [5.74, 6) is 2.25. The molecule has 1 aromatic rings. The summed E-state index contributed by atoms with van der Waals surface area (Å²) in [4.78, 5) is 0. The molecule has 13 heavy (non-hydrogen) atoms. The molecule has 0 saturated carbocycles. The quantitative estimate of drug-likeness (QED) is 0.398. The first kappa shape index (κ1) is 13.3. The van der Waals surface area contributed by atoms with Crippen molar-refractivity contribution in [3.8, 4) is 12.3 Å². The first-order valence-corrected chi connectivity index (χ1v) is 3.30. The van der Waals surface area contributed by atoms with Crippen molar-refractivity contribution in [2.45, 2.75) is 0 Å². The Morgan fingerprint density at radius 1 is 1.08 bits per heavy atom. The van der Waals surface area contributed by atoms with Gasteiger partial charge in [0, 0.05) is 5.56 Å². The third-order valence-corrected chi connectivity index (χ3v) is 1.46. The number of halogens is 3. The number of hydrogen-bond acceptors (Lipinski definition) is 0. The molecule has 0 aliphatic carbocycles. The van der Waals surface area contributed by atoms with E-state index < -0.39 is 12.4 Å². The fourth-order valence-corrected chi connectivity index (χ4v) is 0.798. The van der Waals surface area contributed by atoms with Gasteiger partial charge in [-0.05, 0) is 12.1 Å². The van der Waals surface area contributed by atoms with Crippen molar-refractivity contribution in [1.82, 2.24) is 0 Å². The summed E-state index contributed by atoms with van der Waals surface area (Å²) in [5, 5.41) is 0. The summed E-state index contributed by atoms with van der Waals surface area (Å²) in [6.07, 6.45) is 4.98. The van der Waals surface area contributed by atoms with Gasteiger partial charge in [-0.15, -0.1) is 11.9 Å². The van der Waals surface area contributed by atoms with Crippen LogP contribution in [0.15, 0.2) is 24.3 Å². The molecule has 0 aliphatic rings. The average molecular weight is 208 g/mol. The zero-order valence-electron chi connectivity index (χ0n) is 7.10. The Morgan fingerprint density at radius 2 is 1.54 bits per heavy atom. The SMILES string of the molecule is C#Cc1ccc([B-](F)(F)F)cc1.[K+]. The van der Waals surface area contributed by atoms with Gasteiger partial charge in [-0.1, -0.05) is 18.1 Å². The van der Waals surface area contributed by atoms with Crippen LogP contribution in [0.2, 0.25) is 0 Å². The maximum absolute atomic E-state index is 12.0. The monoisotopic (exact) mass is 208 g/mol. The smallest absolute Gasteiger partial charge is 0.445 e. The van der Waals surface area contributed by atoms with E-state index in [1.807, 2.05) is 0 Å². The van der Waals surface area contributed by atoms with E-state index in [4.69, 9.17) is 6.42 Å². The summed E-state index contributed by atoms with van der Waals surface area (Å²) in [6.45, 7) is -4.89. The molecule has 0 amide bonds. The maximum atomic E-state index is 12.0. The molecule has 0 fully saturated rings. The number of terminal acetylenes is 1. The molecule has 0 nitrogen and oxygen atoms in total. The van der Waals surface area contributed by atoms with Gasteiger partial charge in [0.15, 0.2) is 0 Å². The third-order valence-electron chi connectivity index (χ3n) is 1.46. The Labute approximate surface area is 117 Å². The summed E-state index contributed by atoms with van der Waals surface area (Å²) in [6, 6.07) is 4.56. The van der Waals surface area contributed by atoms with Gasteiger partial charge < -0.3 is 12.9 Å². The summed E-state index contributed by atoms with van der Waals surface area (Å²) >= 11 is 0. The largest absolute Gasteiger partial charge is 1.00 e. The minimum atomic E-state index is -4.89. The molecule has 0 bridgehead atoms. The van der Waals surface area contributed by atoms with E-state index >= 15 is 0 Å². The Balaban J connectivity index is 0.00000144. The van der Waals surface area contributed by atoms with Gasteiger partial charge in [0.25, 0.3) is 0 Å². The average Bonchev–Trinajstić information content (AvgIpc) is 2.03. The molecule has 0 aromatic heterocycles. The number of benzene rings is 1. The predicted molar refractivity (Wildman–Crippen MR) is 43.1 cm³/mol. The molecule has 1 aromatic carbocycles. The normalized spacial score (nSPS) is 10.0. The Bertz CT molecular complexity index is 310. The first-order chi connectivity index (χ1) is 5.54. The van der Waals surface area contributed by atoms with E-state index in [-0.39, 0.29) is 51.4 Å². The van der Waals surface area contributed by atoms with Gasteiger partial charge in [-0.2, -0.15) is 0 Å². The van der Waals surface area contributed by atoms with Gasteiger partial charge in [-0.3, -0.25) is 0 Å². The summed E-state index contributed by atoms with van der Waals surface area (Å²) in [5.41, 5.74) is -0.159. The minimum absolute atomic E-state index is 0. The fourth-order valence-electron chi connectivity index (χ4n) is 0.798. The molecule has 1 rings (SSSR count). The van der Waals surface area contributed by atoms with Crippen molar-refractivity contribution < 1.29 is 64.3 Å². The molecule has 0 heterocycles. The second-order valence-corrected chi connectivity index (χ2v) is 2.34. The van der Waals surface area contributed by atoms with Crippen LogP contribution in [0.5, 0.6) is 0 Å². The van der Waals surface area contributed by atoms with Gasteiger partial charge in [-0.25, -0.2) is 0 Å². The van der Waals surface area contributed by atoms with Crippen LogP contribution in [0.3, 0.4) is 0 Å². The zero-order valence-corrected chi connectivity index (χ0v) is 10.2. The van der Waals surface area contributed by atoms with E-state index in [0.29, 0.717) is 5.56 Å². The molecule has 0 radical (unpaired) electrons. The van der Waals surface area contributed by atoms with Crippen molar-refractivity contribution >= 4 is 12.4 Å². The van der Waals surface area contributed by atoms with Crippen molar-refractivity contribution in [1.29, 1.82) is 0 Å². The molecule has 0 N–H and O–H groups in total. The van der Waals surface area contributed by atoms with Crippen LogP contribution in [-0.2, 0) is 0 Å². The topological polar surface area (TPSA) is 0 Å². The maximum Gasteiger partial charge on any atom is 1.00 e. The van der Waals surface area contributed by atoms with Gasteiger partial charge in [0.05, 0.1) is 0 Å². The van der Waals surface area contributed by atoms with Crippen LogP contribution in [0.1, 0.15) is 5.56 Å². The second-order valence-electron chi connectivity index (χ2n) is 2.34. The van der Waals surface area contributed by atoms with Crippen molar-refractivity contribution in [3.05, 3.63) is 29.8 Å². The van der Waals surface area contributed by atoms with Crippen LogP contribution in [-0.4, -0.2) is 6.98 Å². The zero-order chi connectivity index (χ0) is 9.19. The van der Waals surface area contributed by atoms with Crippen molar-refractivity contribution in [3.63, 3.8) is 0 Å². The molecule has 0 saturated heterocycles. The van der Waals surface area contributed by atoms with E-state index in [0.717, 1.165) is 12.1 Å². The molecular weight excluding hydrogens is 203 g/mol. The summed E-state index contributed by atoms with van der Waals surface area (Å²) in [7, 11) is 0. The van der Waals surface area contributed by atoms with Crippen LogP contribution in [0.25, 0.3) is 0 Å². The molecular formula is C8H5BF3K. The minimum Gasteiger partial charge on any atom is -0.445 e. The van der Waals surface area contributed by atoms with Crippen LogP contribution >= 0.6 is 0 Å². The Kier molecular flexibility index (Phi) is 5.34. The van der Waals surface area contributed by atoms with Crippen LogP contribution in [0, 0.1) is 12.3 Å². The van der Waals surface area contributed by atoms with E-state index in [1.165, 1.54) is 12.1 Å². The predicted octanol–water partition coefficient (Wildman–Crippen LogP) is -1.27. The molecule has 62 valence electrons. The standard InChI is InChI=1S/C8H5BF3.K/c1-2-7-3-5-8(6-4-7)9(10,11)12;/h1,3-6H;/q-1;+1. The third kappa shape index (κ3) is 3.88. The van der Waals surface area contributed by atoms with Crippen molar-refractivity contribution in [2.75, 3.05) is 0 Å². The van der Waals surface area contributed by atoms with E-state index in [9.17, 15) is 12.9 Å². The summed E-state index contributed by atoms with van der Waals surface area (Å²) < 4.78 is 36.1. The number of rotatable bonds is 1. The van der Waals surface area contributed by atoms with Crippen molar-refractivity contribution in [2.24, 2.45) is 0 Å². The molecule has 0 unspecified atom stereocenters. The molecule has 0 atom stereocenters. The number of hydrogen-bond donors (Lipinski definition) is 0. The van der Waals surface area contributed by atoms with E-state index in [2.05, 4.69) is 5.92 Å². The van der Waals surface area contributed by atoms with Gasteiger partial charge in [0.2, 0.25) is 0 Å². The van der Waals surface area contributed by atoms with Crippen LogP contribution in [0.4, 0.5) is 12.9 Å². The van der Waals surface area contributed by atoms with Crippen LogP contribution < -0.4 is 56.8 Å². The molecule has 0 spiro atoms. The van der Waals surface area contributed by atoms with E-state index in [1.54, 1.807) is 0 Å². The van der Waals surface area contributed by atoms with Gasteiger partial charge in [0.1, 0.15) is 0 Å². The molecule has 0 aliphatic heterocycles.